The van der Waals surface area contributed by atoms with Gasteiger partial charge in [-0.25, -0.2) is 9.97 Å². The van der Waals surface area contributed by atoms with Gasteiger partial charge in [0.1, 0.15) is 12.0 Å². The number of anilines is 2. The molecule has 0 aliphatic carbocycles. The quantitative estimate of drug-likeness (QED) is 0.907. The highest BCUT2D eigenvalue weighted by atomic mass is 16.1. The maximum Gasteiger partial charge on any atom is 0.274 e. The van der Waals surface area contributed by atoms with Crippen LogP contribution in [0.15, 0.2) is 42.9 Å². The third-order valence-corrected chi connectivity index (χ3v) is 3.07. The summed E-state index contributed by atoms with van der Waals surface area (Å²) < 4.78 is 0. The average molecular weight is 270 g/mol. The van der Waals surface area contributed by atoms with Crippen molar-refractivity contribution in [3.63, 3.8) is 0 Å². The predicted molar refractivity (Wildman–Crippen MR) is 80.0 cm³/mol. The second-order valence-corrected chi connectivity index (χ2v) is 4.27. The number of aromatic nitrogens is 2. The van der Waals surface area contributed by atoms with Crippen molar-refractivity contribution < 1.29 is 4.79 Å². The first-order valence-electron chi connectivity index (χ1n) is 6.67. The Morgan fingerprint density at radius 1 is 1.15 bits per heavy atom. The van der Waals surface area contributed by atoms with Crippen molar-refractivity contribution in [2.24, 2.45) is 0 Å². The van der Waals surface area contributed by atoms with E-state index in [2.05, 4.69) is 34.0 Å². The number of carbonyl (C=O) groups excluding carboxylic acids is 1. The molecule has 0 unspecified atom stereocenters. The Balaban J connectivity index is 2.06. The van der Waals surface area contributed by atoms with E-state index in [9.17, 15) is 4.79 Å². The summed E-state index contributed by atoms with van der Waals surface area (Å²) in [4.78, 5) is 21.9. The molecule has 0 bridgehead atoms. The number of hydrogen-bond donors (Lipinski definition) is 1. The third kappa shape index (κ3) is 3.32. The highest BCUT2D eigenvalue weighted by Crippen LogP contribution is 2.18. The molecule has 0 atom stereocenters. The lowest BCUT2D eigenvalue weighted by molar-refractivity contribution is 0.102. The maximum atomic E-state index is 11.9. The van der Waals surface area contributed by atoms with Crippen LogP contribution in [0.5, 0.6) is 0 Å². The van der Waals surface area contributed by atoms with Crippen LogP contribution < -0.4 is 10.2 Å². The number of nitrogens with zero attached hydrogens (tertiary/aromatic N) is 3. The van der Waals surface area contributed by atoms with E-state index in [0.717, 1.165) is 24.5 Å². The molecule has 1 N–H and O–H groups in total. The van der Waals surface area contributed by atoms with Crippen molar-refractivity contribution in [3.8, 4) is 0 Å². The fourth-order valence-electron chi connectivity index (χ4n) is 1.96. The second kappa shape index (κ2) is 6.65. The first-order valence-corrected chi connectivity index (χ1v) is 6.67. The number of amides is 1. The van der Waals surface area contributed by atoms with Gasteiger partial charge >= 0.3 is 0 Å². The van der Waals surface area contributed by atoms with Gasteiger partial charge in [0.05, 0.1) is 0 Å². The molecule has 0 aliphatic rings. The van der Waals surface area contributed by atoms with Crippen molar-refractivity contribution in [1.29, 1.82) is 0 Å². The Morgan fingerprint density at radius 2 is 1.85 bits per heavy atom. The number of hydrogen-bond acceptors (Lipinski definition) is 4. The molecule has 1 amide bonds. The summed E-state index contributed by atoms with van der Waals surface area (Å²) >= 11 is 0. The lowest BCUT2D eigenvalue weighted by Crippen LogP contribution is -2.21. The van der Waals surface area contributed by atoms with Crippen molar-refractivity contribution in [2.75, 3.05) is 23.3 Å². The van der Waals surface area contributed by atoms with Crippen LogP contribution in [0.4, 0.5) is 11.4 Å². The predicted octanol–water partition coefficient (Wildman–Crippen LogP) is 2.58. The summed E-state index contributed by atoms with van der Waals surface area (Å²) in [5.74, 6) is -0.233. The molecule has 0 saturated heterocycles. The second-order valence-electron chi connectivity index (χ2n) is 4.27. The minimum Gasteiger partial charge on any atom is -0.372 e. The van der Waals surface area contributed by atoms with E-state index in [4.69, 9.17) is 0 Å². The number of carbonyl (C=O) groups is 1. The molecule has 2 aromatic rings. The highest BCUT2D eigenvalue weighted by molar-refractivity contribution is 6.02. The van der Waals surface area contributed by atoms with E-state index in [0.29, 0.717) is 5.69 Å². The van der Waals surface area contributed by atoms with Crippen LogP contribution in [0.1, 0.15) is 24.3 Å². The van der Waals surface area contributed by atoms with Crippen LogP contribution in [0, 0.1) is 0 Å². The molecule has 1 heterocycles. The van der Waals surface area contributed by atoms with Gasteiger partial charge in [0.2, 0.25) is 0 Å². The highest BCUT2D eigenvalue weighted by Gasteiger charge is 2.07. The van der Waals surface area contributed by atoms with Crippen LogP contribution >= 0.6 is 0 Å². The van der Waals surface area contributed by atoms with Gasteiger partial charge in [-0.05, 0) is 44.2 Å². The van der Waals surface area contributed by atoms with Gasteiger partial charge in [0, 0.05) is 30.7 Å². The van der Waals surface area contributed by atoms with Crippen molar-refractivity contribution >= 4 is 17.3 Å². The van der Waals surface area contributed by atoms with Gasteiger partial charge in [0.15, 0.2) is 0 Å². The number of nitrogens with one attached hydrogen (secondary N) is 1. The molecular weight excluding hydrogens is 252 g/mol. The van der Waals surface area contributed by atoms with Crippen LogP contribution in [-0.2, 0) is 0 Å². The zero-order valence-corrected chi connectivity index (χ0v) is 11.7. The van der Waals surface area contributed by atoms with Crippen LogP contribution in [0.3, 0.4) is 0 Å². The minimum atomic E-state index is -0.233. The van der Waals surface area contributed by atoms with Gasteiger partial charge < -0.3 is 10.2 Å². The molecule has 0 radical (unpaired) electrons. The Bertz CT molecular complexity index is 550. The lowest BCUT2D eigenvalue weighted by Gasteiger charge is -2.21. The Hall–Kier alpha value is -2.43. The summed E-state index contributed by atoms with van der Waals surface area (Å²) in [5, 5.41) is 2.81. The molecule has 1 aromatic carbocycles. The van der Waals surface area contributed by atoms with E-state index in [-0.39, 0.29) is 5.91 Å². The Kier molecular flexibility index (Phi) is 4.65. The normalized spacial score (nSPS) is 10.1. The third-order valence-electron chi connectivity index (χ3n) is 3.07. The Morgan fingerprint density at radius 3 is 2.40 bits per heavy atom. The molecule has 0 saturated carbocycles. The van der Waals surface area contributed by atoms with E-state index in [1.807, 2.05) is 24.3 Å². The molecule has 20 heavy (non-hydrogen) atoms. The van der Waals surface area contributed by atoms with E-state index in [1.165, 1.54) is 6.33 Å². The van der Waals surface area contributed by atoms with E-state index < -0.39 is 0 Å². The average Bonchev–Trinajstić information content (AvgIpc) is 2.51. The Labute approximate surface area is 118 Å². The number of benzene rings is 1. The lowest BCUT2D eigenvalue weighted by atomic mass is 10.2. The van der Waals surface area contributed by atoms with Crippen molar-refractivity contribution in [2.45, 2.75) is 13.8 Å². The molecule has 0 aliphatic heterocycles. The fourth-order valence-corrected chi connectivity index (χ4v) is 1.96. The smallest absolute Gasteiger partial charge is 0.274 e. The summed E-state index contributed by atoms with van der Waals surface area (Å²) in [6.07, 6.45) is 2.91. The van der Waals surface area contributed by atoms with Gasteiger partial charge in [-0.15, -0.1) is 0 Å². The molecule has 2 rings (SSSR count). The minimum absolute atomic E-state index is 0.233. The van der Waals surface area contributed by atoms with Gasteiger partial charge in [-0.2, -0.15) is 0 Å². The molecule has 104 valence electrons. The number of rotatable bonds is 5. The summed E-state index contributed by atoms with van der Waals surface area (Å²) in [6.45, 7) is 6.16. The zero-order valence-electron chi connectivity index (χ0n) is 11.7. The molecular formula is C15H18N4O. The van der Waals surface area contributed by atoms with E-state index in [1.54, 1.807) is 12.3 Å². The van der Waals surface area contributed by atoms with Crippen LogP contribution in [0.25, 0.3) is 0 Å². The van der Waals surface area contributed by atoms with Gasteiger partial charge in [0.25, 0.3) is 5.91 Å². The topological polar surface area (TPSA) is 58.1 Å². The summed E-state index contributed by atoms with van der Waals surface area (Å²) in [7, 11) is 0. The van der Waals surface area contributed by atoms with Gasteiger partial charge in [-0.1, -0.05) is 0 Å². The monoisotopic (exact) mass is 270 g/mol. The van der Waals surface area contributed by atoms with E-state index >= 15 is 0 Å². The van der Waals surface area contributed by atoms with Crippen LogP contribution in [0.2, 0.25) is 0 Å². The first kappa shape index (κ1) is 14.0. The van der Waals surface area contributed by atoms with Gasteiger partial charge in [-0.3, -0.25) is 4.79 Å². The van der Waals surface area contributed by atoms with Crippen molar-refractivity contribution in [1.82, 2.24) is 9.97 Å². The molecule has 1 aromatic heterocycles. The molecule has 0 spiro atoms. The summed E-state index contributed by atoms with van der Waals surface area (Å²) in [5.41, 5.74) is 2.26. The SMILES string of the molecule is CCN(CC)c1ccc(NC(=O)c2ccncn2)cc1. The fraction of sp³-hybridized carbons (Fsp3) is 0.267. The standard InChI is InChI=1S/C15H18N4O/c1-3-19(4-2)13-7-5-12(6-8-13)18-15(20)14-9-10-16-11-17-14/h5-11H,3-4H2,1-2H3,(H,18,20). The first-order chi connectivity index (χ1) is 9.74. The summed E-state index contributed by atoms with van der Waals surface area (Å²) in [6, 6.07) is 9.38. The largest absolute Gasteiger partial charge is 0.372 e. The van der Waals surface area contributed by atoms with Crippen molar-refractivity contribution in [3.05, 3.63) is 48.5 Å². The maximum absolute atomic E-state index is 11.9. The van der Waals surface area contributed by atoms with Crippen LogP contribution in [-0.4, -0.2) is 29.0 Å². The molecule has 5 heteroatoms. The molecule has 5 nitrogen and oxygen atoms in total. The zero-order chi connectivity index (χ0) is 14.4. The molecule has 0 fully saturated rings.